The molecule has 0 aliphatic rings. The Balaban J connectivity index is 1.73. The van der Waals surface area contributed by atoms with Crippen LogP contribution < -0.4 is 20.3 Å². The Morgan fingerprint density at radius 1 is 1.03 bits per heavy atom. The number of aliphatic hydroxyl groups is 1. The topological polar surface area (TPSA) is 106 Å². The zero-order valence-corrected chi connectivity index (χ0v) is 20.6. The molecule has 8 heteroatoms. The summed E-state index contributed by atoms with van der Waals surface area (Å²) in [5, 5.41) is 15.3. The molecule has 0 fully saturated rings. The van der Waals surface area contributed by atoms with Crippen LogP contribution in [-0.2, 0) is 6.61 Å². The highest BCUT2D eigenvalue weighted by Crippen LogP contribution is 2.30. The Morgan fingerprint density at radius 3 is 2.62 bits per heavy atom. The maximum absolute atomic E-state index is 13.6. The number of ether oxygens (including phenoxy) is 2. The van der Waals surface area contributed by atoms with Gasteiger partial charge in [0.15, 0.2) is 5.58 Å². The van der Waals surface area contributed by atoms with Gasteiger partial charge in [0.2, 0.25) is 5.55 Å². The van der Waals surface area contributed by atoms with Crippen LogP contribution >= 0.6 is 0 Å². The zero-order chi connectivity index (χ0) is 25.9. The van der Waals surface area contributed by atoms with Crippen molar-refractivity contribution in [2.45, 2.75) is 13.5 Å². The van der Waals surface area contributed by atoms with Gasteiger partial charge in [0, 0.05) is 28.6 Å². The van der Waals surface area contributed by atoms with Crippen molar-refractivity contribution in [3.8, 4) is 11.5 Å². The van der Waals surface area contributed by atoms with Crippen LogP contribution in [0.1, 0.15) is 21.6 Å². The standard InChI is InChI=1S/C29H25N3O5/c1-17-27-22(19(16-33)15-30-17)14-23(28(34)31-25-12-11-20(35-2)13-26(25)36-3)29(37-27)32-24-10-6-8-18-7-4-5-9-21(18)24/h4-15,33H,16H2,1-3H3,(H,31,34). The van der Waals surface area contributed by atoms with E-state index in [1.54, 1.807) is 44.5 Å². The molecule has 0 aliphatic heterocycles. The van der Waals surface area contributed by atoms with Crippen LogP contribution in [0, 0.1) is 6.92 Å². The van der Waals surface area contributed by atoms with E-state index in [0.717, 1.165) is 10.8 Å². The van der Waals surface area contributed by atoms with Crippen LogP contribution in [0.5, 0.6) is 11.5 Å². The highest BCUT2D eigenvalue weighted by atomic mass is 16.5. The molecular weight excluding hydrogens is 470 g/mol. The van der Waals surface area contributed by atoms with Crippen LogP contribution in [0.25, 0.3) is 21.7 Å². The third-order valence-corrected chi connectivity index (χ3v) is 6.11. The molecule has 1 amide bonds. The number of carbonyl (C=O) groups excluding carboxylic acids is 1. The van der Waals surface area contributed by atoms with E-state index in [9.17, 15) is 9.90 Å². The average molecular weight is 496 g/mol. The second-order valence-corrected chi connectivity index (χ2v) is 8.37. The maximum Gasteiger partial charge on any atom is 0.261 e. The monoisotopic (exact) mass is 495 g/mol. The molecule has 37 heavy (non-hydrogen) atoms. The number of hydrogen-bond acceptors (Lipinski definition) is 7. The summed E-state index contributed by atoms with van der Waals surface area (Å²) >= 11 is 0. The SMILES string of the molecule is COc1ccc(NC(=O)c2cc3c(CO)cnc(C)c3oc2=Nc2cccc3ccccc23)c(OC)c1. The molecule has 3 aromatic carbocycles. The molecule has 5 rings (SSSR count). The molecule has 0 saturated heterocycles. The molecule has 0 unspecified atom stereocenters. The molecule has 186 valence electrons. The van der Waals surface area contributed by atoms with Crippen molar-refractivity contribution in [1.29, 1.82) is 0 Å². The van der Waals surface area contributed by atoms with Crippen molar-refractivity contribution >= 4 is 39.0 Å². The summed E-state index contributed by atoms with van der Waals surface area (Å²) in [5.41, 5.74) is 3.03. The van der Waals surface area contributed by atoms with Gasteiger partial charge < -0.3 is 24.3 Å². The molecule has 0 radical (unpaired) electrons. The number of aryl methyl sites for hydroxylation is 1. The minimum Gasteiger partial charge on any atom is -0.497 e. The van der Waals surface area contributed by atoms with Crippen LogP contribution in [-0.4, -0.2) is 30.2 Å². The second kappa shape index (κ2) is 10.1. The number of carbonyl (C=O) groups is 1. The predicted molar refractivity (Wildman–Crippen MR) is 141 cm³/mol. The van der Waals surface area contributed by atoms with Gasteiger partial charge in [-0.2, -0.15) is 0 Å². The van der Waals surface area contributed by atoms with Crippen molar-refractivity contribution < 1.29 is 23.8 Å². The van der Waals surface area contributed by atoms with Crippen LogP contribution in [0.2, 0.25) is 0 Å². The minimum absolute atomic E-state index is 0.119. The highest BCUT2D eigenvalue weighted by molar-refractivity contribution is 6.06. The van der Waals surface area contributed by atoms with Crippen LogP contribution in [0.4, 0.5) is 11.4 Å². The van der Waals surface area contributed by atoms with Gasteiger partial charge in [-0.15, -0.1) is 0 Å². The number of aromatic nitrogens is 1. The zero-order valence-electron chi connectivity index (χ0n) is 20.6. The number of fused-ring (bicyclic) bond motifs is 2. The second-order valence-electron chi connectivity index (χ2n) is 8.37. The van der Waals surface area contributed by atoms with Crippen molar-refractivity contribution in [1.82, 2.24) is 4.98 Å². The highest BCUT2D eigenvalue weighted by Gasteiger charge is 2.18. The van der Waals surface area contributed by atoms with Gasteiger partial charge in [-0.05, 0) is 36.6 Å². The Kier molecular flexibility index (Phi) is 6.57. The van der Waals surface area contributed by atoms with Crippen molar-refractivity contribution in [2.24, 2.45) is 4.99 Å². The normalized spacial score (nSPS) is 11.6. The number of amides is 1. The Bertz CT molecular complexity index is 1700. The van der Waals surface area contributed by atoms with E-state index in [4.69, 9.17) is 18.9 Å². The van der Waals surface area contributed by atoms with Gasteiger partial charge in [0.05, 0.1) is 37.9 Å². The fraction of sp³-hybridized carbons (Fsp3) is 0.138. The number of rotatable bonds is 6. The predicted octanol–water partition coefficient (Wildman–Crippen LogP) is 5.28. The molecule has 0 spiro atoms. The molecule has 0 aliphatic carbocycles. The molecule has 2 aromatic heterocycles. The first-order chi connectivity index (χ1) is 18.0. The van der Waals surface area contributed by atoms with E-state index in [-0.39, 0.29) is 17.7 Å². The molecule has 0 saturated carbocycles. The summed E-state index contributed by atoms with van der Waals surface area (Å²) in [6, 6.07) is 20.4. The third kappa shape index (κ3) is 4.62. The third-order valence-electron chi connectivity index (χ3n) is 6.11. The molecule has 5 aromatic rings. The lowest BCUT2D eigenvalue weighted by Gasteiger charge is -2.13. The van der Waals surface area contributed by atoms with E-state index in [1.807, 2.05) is 42.5 Å². The minimum atomic E-state index is -0.452. The van der Waals surface area contributed by atoms with E-state index < -0.39 is 5.91 Å². The van der Waals surface area contributed by atoms with Crippen molar-refractivity contribution in [3.05, 3.63) is 95.3 Å². The Morgan fingerprint density at radius 2 is 1.84 bits per heavy atom. The van der Waals surface area contributed by atoms with E-state index in [2.05, 4.69) is 10.3 Å². The van der Waals surface area contributed by atoms with Gasteiger partial charge in [-0.3, -0.25) is 9.78 Å². The molecule has 8 nitrogen and oxygen atoms in total. The van der Waals surface area contributed by atoms with E-state index in [1.165, 1.54) is 7.11 Å². The number of nitrogens with one attached hydrogen (secondary N) is 1. The largest absolute Gasteiger partial charge is 0.497 e. The number of anilines is 1. The van der Waals surface area contributed by atoms with Gasteiger partial charge in [-0.1, -0.05) is 36.4 Å². The number of hydrogen-bond donors (Lipinski definition) is 2. The van der Waals surface area contributed by atoms with Gasteiger partial charge >= 0.3 is 0 Å². The maximum atomic E-state index is 13.6. The number of nitrogens with zero attached hydrogens (tertiary/aromatic N) is 2. The molecule has 2 heterocycles. The van der Waals surface area contributed by atoms with Gasteiger partial charge in [0.25, 0.3) is 5.91 Å². The lowest BCUT2D eigenvalue weighted by atomic mass is 10.1. The molecular formula is C29H25N3O5. The first kappa shape index (κ1) is 24.0. The molecule has 0 atom stereocenters. The summed E-state index contributed by atoms with van der Waals surface area (Å²) in [5.74, 6) is 0.582. The Labute approximate surface area is 212 Å². The molecule has 2 N–H and O–H groups in total. The fourth-order valence-corrected chi connectivity index (χ4v) is 4.17. The number of methoxy groups -OCH3 is 2. The summed E-state index contributed by atoms with van der Waals surface area (Å²) < 4.78 is 16.9. The smallest absolute Gasteiger partial charge is 0.261 e. The molecule has 0 bridgehead atoms. The lowest BCUT2D eigenvalue weighted by Crippen LogP contribution is -2.22. The van der Waals surface area contributed by atoms with E-state index >= 15 is 0 Å². The summed E-state index contributed by atoms with van der Waals surface area (Å²) in [6.45, 7) is 1.54. The quantitative estimate of drug-likeness (QED) is 0.332. The van der Waals surface area contributed by atoms with Crippen molar-refractivity contribution in [2.75, 3.05) is 19.5 Å². The van der Waals surface area contributed by atoms with Gasteiger partial charge in [0.1, 0.15) is 17.1 Å². The summed E-state index contributed by atoms with van der Waals surface area (Å²) in [7, 11) is 3.07. The average Bonchev–Trinajstić information content (AvgIpc) is 2.93. The fourth-order valence-electron chi connectivity index (χ4n) is 4.17. The van der Waals surface area contributed by atoms with E-state index in [0.29, 0.717) is 45.1 Å². The lowest BCUT2D eigenvalue weighted by molar-refractivity contribution is 0.102. The number of pyridine rings is 1. The first-order valence-corrected chi connectivity index (χ1v) is 11.6. The number of benzene rings is 3. The first-order valence-electron chi connectivity index (χ1n) is 11.6. The summed E-state index contributed by atoms with van der Waals surface area (Å²) in [4.78, 5) is 22.8. The number of aliphatic hydroxyl groups excluding tert-OH is 1. The van der Waals surface area contributed by atoms with Crippen LogP contribution in [0.15, 0.2) is 82.3 Å². The van der Waals surface area contributed by atoms with Crippen LogP contribution in [0.3, 0.4) is 0 Å². The van der Waals surface area contributed by atoms with Crippen molar-refractivity contribution in [3.63, 3.8) is 0 Å². The Hall–Kier alpha value is -4.69. The summed E-state index contributed by atoms with van der Waals surface area (Å²) in [6.07, 6.45) is 1.57. The van der Waals surface area contributed by atoms with Gasteiger partial charge in [-0.25, -0.2) is 4.99 Å².